The third-order valence-corrected chi connectivity index (χ3v) is 3.78. The van der Waals surface area contributed by atoms with Gasteiger partial charge in [-0.1, -0.05) is 0 Å². The van der Waals surface area contributed by atoms with E-state index in [1.54, 1.807) is 12.1 Å². The number of ether oxygens (including phenoxy) is 1. The van der Waals surface area contributed by atoms with Gasteiger partial charge in [-0.15, -0.1) is 0 Å². The summed E-state index contributed by atoms with van der Waals surface area (Å²) in [4.78, 5) is 12.7. The third kappa shape index (κ3) is 3.01. The number of aliphatic hydroxyl groups excluding tert-OH is 1. The number of rotatable bonds is 5. The Morgan fingerprint density at radius 2 is 2.30 bits per heavy atom. The van der Waals surface area contributed by atoms with E-state index in [4.69, 9.17) is 9.84 Å². The van der Waals surface area contributed by atoms with Crippen LogP contribution in [0.15, 0.2) is 18.2 Å². The van der Waals surface area contributed by atoms with Gasteiger partial charge in [-0.2, -0.15) is 0 Å². The molecule has 6 heteroatoms. The highest BCUT2D eigenvalue weighted by Crippen LogP contribution is 2.34. The Balaban J connectivity index is 2.28. The second kappa shape index (κ2) is 6.56. The molecule has 1 N–H and O–H groups in total. The molecule has 1 aliphatic heterocycles. The molecule has 1 unspecified atom stereocenters. The van der Waals surface area contributed by atoms with Crippen LogP contribution in [-0.4, -0.2) is 36.3 Å². The van der Waals surface area contributed by atoms with E-state index in [-0.39, 0.29) is 18.0 Å². The third-order valence-electron chi connectivity index (χ3n) is 3.78. The highest BCUT2D eigenvalue weighted by molar-refractivity contribution is 5.59. The fourth-order valence-corrected chi connectivity index (χ4v) is 2.79. The average molecular weight is 280 g/mol. The summed E-state index contributed by atoms with van der Waals surface area (Å²) in [5.74, 6) is 0.279. The number of nitro benzene ring substituents is 1. The Hall–Kier alpha value is -1.82. The maximum absolute atomic E-state index is 10.9. The number of anilines is 1. The van der Waals surface area contributed by atoms with Crippen molar-refractivity contribution in [2.24, 2.45) is 0 Å². The Bertz CT molecular complexity index is 476. The lowest BCUT2D eigenvalue weighted by Gasteiger charge is -2.37. The van der Waals surface area contributed by atoms with Crippen LogP contribution in [0.25, 0.3) is 0 Å². The molecule has 0 bridgehead atoms. The SMILES string of the molecule is COc1cc(N2CCCCC2CCO)ccc1[N+](=O)[O-]. The van der Waals surface area contributed by atoms with Gasteiger partial charge in [0.1, 0.15) is 0 Å². The Kier molecular flexibility index (Phi) is 4.79. The van der Waals surface area contributed by atoms with Gasteiger partial charge in [0.2, 0.25) is 0 Å². The van der Waals surface area contributed by atoms with Crippen LogP contribution in [0.3, 0.4) is 0 Å². The van der Waals surface area contributed by atoms with Crippen molar-refractivity contribution in [2.45, 2.75) is 31.7 Å². The van der Waals surface area contributed by atoms with Crippen molar-refractivity contribution in [3.05, 3.63) is 28.3 Å². The molecule has 1 aromatic rings. The number of piperidine rings is 1. The fourth-order valence-electron chi connectivity index (χ4n) is 2.79. The van der Waals surface area contributed by atoms with Crippen molar-refractivity contribution in [1.82, 2.24) is 0 Å². The van der Waals surface area contributed by atoms with E-state index in [0.717, 1.165) is 37.9 Å². The van der Waals surface area contributed by atoms with Crippen molar-refractivity contribution >= 4 is 11.4 Å². The van der Waals surface area contributed by atoms with E-state index in [1.807, 2.05) is 0 Å². The van der Waals surface area contributed by atoms with Crippen molar-refractivity contribution in [2.75, 3.05) is 25.2 Å². The van der Waals surface area contributed by atoms with Gasteiger partial charge in [0.05, 0.1) is 12.0 Å². The van der Waals surface area contributed by atoms with Crippen molar-refractivity contribution in [1.29, 1.82) is 0 Å². The molecule has 0 saturated carbocycles. The first-order chi connectivity index (χ1) is 9.67. The largest absolute Gasteiger partial charge is 0.490 e. The summed E-state index contributed by atoms with van der Waals surface area (Å²) in [6.07, 6.45) is 4.02. The molecule has 1 aliphatic rings. The minimum Gasteiger partial charge on any atom is -0.490 e. The van der Waals surface area contributed by atoms with Gasteiger partial charge < -0.3 is 14.7 Å². The molecular formula is C14H20N2O4. The lowest BCUT2D eigenvalue weighted by Crippen LogP contribution is -2.40. The van der Waals surface area contributed by atoms with Gasteiger partial charge >= 0.3 is 5.69 Å². The Morgan fingerprint density at radius 1 is 1.50 bits per heavy atom. The molecule has 0 aromatic heterocycles. The van der Waals surface area contributed by atoms with Crippen LogP contribution in [0.1, 0.15) is 25.7 Å². The summed E-state index contributed by atoms with van der Waals surface area (Å²) in [7, 11) is 1.44. The minimum atomic E-state index is -0.440. The summed E-state index contributed by atoms with van der Waals surface area (Å²) < 4.78 is 5.12. The van der Waals surface area contributed by atoms with E-state index in [0.29, 0.717) is 6.04 Å². The summed E-state index contributed by atoms with van der Waals surface area (Å²) in [6.45, 7) is 1.07. The van der Waals surface area contributed by atoms with Gasteiger partial charge in [-0.05, 0) is 31.7 Å². The lowest BCUT2D eigenvalue weighted by atomic mass is 9.98. The number of hydrogen-bond acceptors (Lipinski definition) is 5. The summed E-state index contributed by atoms with van der Waals surface area (Å²) in [6, 6.07) is 5.25. The predicted octanol–water partition coefficient (Wildman–Crippen LogP) is 2.34. The molecule has 20 heavy (non-hydrogen) atoms. The Labute approximate surface area is 118 Å². The standard InChI is InChI=1S/C14H20N2O4/c1-20-14-10-12(5-6-13(14)16(18)19)15-8-3-2-4-11(15)7-9-17/h5-6,10-11,17H,2-4,7-9H2,1H3. The van der Waals surface area contributed by atoms with Gasteiger partial charge in [-0.25, -0.2) is 0 Å². The quantitative estimate of drug-likeness (QED) is 0.662. The summed E-state index contributed by atoms with van der Waals surface area (Å²) in [5.41, 5.74) is 0.901. The zero-order valence-electron chi connectivity index (χ0n) is 11.6. The Morgan fingerprint density at radius 3 is 2.95 bits per heavy atom. The topological polar surface area (TPSA) is 75.8 Å². The molecule has 1 heterocycles. The molecule has 0 aliphatic carbocycles. The average Bonchev–Trinajstić information content (AvgIpc) is 2.47. The maximum atomic E-state index is 10.9. The molecule has 0 amide bonds. The summed E-state index contributed by atoms with van der Waals surface area (Å²) >= 11 is 0. The zero-order valence-corrected chi connectivity index (χ0v) is 11.6. The van der Waals surface area contributed by atoms with Crippen molar-refractivity contribution < 1.29 is 14.8 Å². The first-order valence-corrected chi connectivity index (χ1v) is 6.87. The molecular weight excluding hydrogens is 260 g/mol. The molecule has 1 atom stereocenters. The van der Waals surface area contributed by atoms with Crippen LogP contribution >= 0.6 is 0 Å². The normalized spacial score (nSPS) is 18.9. The number of hydrogen-bond donors (Lipinski definition) is 1. The van der Waals surface area contributed by atoms with E-state index in [2.05, 4.69) is 4.90 Å². The van der Waals surface area contributed by atoms with Gasteiger partial charge in [0, 0.05) is 37.0 Å². The molecule has 1 saturated heterocycles. The molecule has 2 rings (SSSR count). The van der Waals surface area contributed by atoms with Gasteiger partial charge in [0.25, 0.3) is 0 Å². The van der Waals surface area contributed by atoms with Crippen molar-refractivity contribution in [3.8, 4) is 5.75 Å². The number of nitrogens with zero attached hydrogens (tertiary/aromatic N) is 2. The maximum Gasteiger partial charge on any atom is 0.311 e. The van der Waals surface area contributed by atoms with E-state index in [9.17, 15) is 10.1 Å². The first kappa shape index (κ1) is 14.6. The molecule has 0 radical (unpaired) electrons. The lowest BCUT2D eigenvalue weighted by molar-refractivity contribution is -0.385. The zero-order chi connectivity index (χ0) is 14.5. The second-order valence-electron chi connectivity index (χ2n) is 4.97. The van der Waals surface area contributed by atoms with Gasteiger partial charge in [-0.3, -0.25) is 10.1 Å². The van der Waals surface area contributed by atoms with Crippen LogP contribution in [-0.2, 0) is 0 Å². The predicted molar refractivity (Wildman–Crippen MR) is 76.3 cm³/mol. The van der Waals surface area contributed by atoms with E-state index in [1.165, 1.54) is 13.2 Å². The molecule has 110 valence electrons. The fraction of sp³-hybridized carbons (Fsp3) is 0.571. The minimum absolute atomic E-state index is 0.0213. The highest BCUT2D eigenvalue weighted by atomic mass is 16.6. The summed E-state index contributed by atoms with van der Waals surface area (Å²) in [5, 5.41) is 20.1. The monoisotopic (exact) mass is 280 g/mol. The number of methoxy groups -OCH3 is 1. The van der Waals surface area contributed by atoms with E-state index >= 15 is 0 Å². The van der Waals surface area contributed by atoms with E-state index < -0.39 is 4.92 Å². The van der Waals surface area contributed by atoms with Crippen molar-refractivity contribution in [3.63, 3.8) is 0 Å². The molecule has 6 nitrogen and oxygen atoms in total. The van der Waals surface area contributed by atoms with Crippen LogP contribution in [0.2, 0.25) is 0 Å². The smallest absolute Gasteiger partial charge is 0.311 e. The molecule has 0 spiro atoms. The molecule has 1 fully saturated rings. The second-order valence-corrected chi connectivity index (χ2v) is 4.97. The van der Waals surface area contributed by atoms with Crippen LogP contribution in [0, 0.1) is 10.1 Å². The molecule has 1 aromatic carbocycles. The van der Waals surface area contributed by atoms with Gasteiger partial charge in [0.15, 0.2) is 5.75 Å². The number of nitro groups is 1. The van der Waals surface area contributed by atoms with Crippen LogP contribution in [0.5, 0.6) is 5.75 Å². The first-order valence-electron chi connectivity index (χ1n) is 6.87. The van der Waals surface area contributed by atoms with Crippen LogP contribution in [0.4, 0.5) is 11.4 Å². The number of aliphatic hydroxyl groups is 1. The van der Waals surface area contributed by atoms with Crippen LogP contribution < -0.4 is 9.64 Å². The number of benzene rings is 1. The highest BCUT2D eigenvalue weighted by Gasteiger charge is 2.24.